The van der Waals surface area contributed by atoms with E-state index in [9.17, 15) is 0 Å². The number of pyridine rings is 1. The molecule has 0 bridgehead atoms. The highest BCUT2D eigenvalue weighted by molar-refractivity contribution is 9.10. The molecule has 0 aliphatic carbocycles. The summed E-state index contributed by atoms with van der Waals surface area (Å²) in [5.41, 5.74) is 7.43. The number of nitrogens with two attached hydrogens (primary N) is 1. The minimum absolute atomic E-state index is 0.210. The Bertz CT molecular complexity index is 629. The molecule has 1 heterocycles. The molecule has 3 N–H and O–H groups in total. The SMILES string of the molecule is CC(C)(C)N=C(N)Nc1cccc2cc(Br)cnc12. The van der Waals surface area contributed by atoms with Gasteiger partial charge in [0.05, 0.1) is 16.7 Å². The van der Waals surface area contributed by atoms with Crippen molar-refractivity contribution in [3.05, 3.63) is 34.9 Å². The van der Waals surface area contributed by atoms with E-state index in [4.69, 9.17) is 5.73 Å². The van der Waals surface area contributed by atoms with Crippen LogP contribution in [0.4, 0.5) is 5.69 Å². The molecule has 100 valence electrons. The van der Waals surface area contributed by atoms with Crippen molar-refractivity contribution in [2.24, 2.45) is 10.7 Å². The first-order chi connectivity index (χ1) is 8.85. The Morgan fingerprint density at radius 1 is 1.37 bits per heavy atom. The van der Waals surface area contributed by atoms with Gasteiger partial charge in [-0.25, -0.2) is 4.99 Å². The van der Waals surface area contributed by atoms with E-state index in [0.717, 1.165) is 21.1 Å². The third kappa shape index (κ3) is 3.67. The molecule has 0 aliphatic rings. The van der Waals surface area contributed by atoms with Crippen LogP contribution in [0.2, 0.25) is 0 Å². The second-order valence-corrected chi connectivity index (χ2v) is 6.24. The van der Waals surface area contributed by atoms with Crippen molar-refractivity contribution in [1.82, 2.24) is 4.98 Å². The van der Waals surface area contributed by atoms with Crippen LogP contribution < -0.4 is 11.1 Å². The molecule has 4 nitrogen and oxygen atoms in total. The lowest BCUT2D eigenvalue weighted by Crippen LogP contribution is -2.27. The van der Waals surface area contributed by atoms with Crippen LogP contribution in [0, 0.1) is 0 Å². The quantitative estimate of drug-likeness (QED) is 0.624. The van der Waals surface area contributed by atoms with Crippen LogP contribution in [0.5, 0.6) is 0 Å². The van der Waals surface area contributed by atoms with Gasteiger partial charge in [0, 0.05) is 16.1 Å². The van der Waals surface area contributed by atoms with Crippen molar-refractivity contribution in [2.45, 2.75) is 26.3 Å². The number of rotatable bonds is 1. The highest BCUT2D eigenvalue weighted by atomic mass is 79.9. The van der Waals surface area contributed by atoms with Gasteiger partial charge >= 0.3 is 0 Å². The molecule has 0 aliphatic heterocycles. The number of nitrogens with one attached hydrogen (secondary N) is 1. The molecule has 0 saturated heterocycles. The molecule has 1 aromatic carbocycles. The van der Waals surface area contributed by atoms with E-state index in [-0.39, 0.29) is 5.54 Å². The van der Waals surface area contributed by atoms with E-state index in [2.05, 4.69) is 31.2 Å². The van der Waals surface area contributed by atoms with Gasteiger partial charge < -0.3 is 11.1 Å². The molecule has 0 atom stereocenters. The first-order valence-electron chi connectivity index (χ1n) is 6.02. The highest BCUT2D eigenvalue weighted by Crippen LogP contribution is 2.23. The van der Waals surface area contributed by atoms with Crippen LogP contribution in [0.25, 0.3) is 10.9 Å². The fourth-order valence-corrected chi connectivity index (χ4v) is 2.11. The molecular weight excluding hydrogens is 304 g/mol. The largest absolute Gasteiger partial charge is 0.370 e. The molecule has 0 radical (unpaired) electrons. The Kier molecular flexibility index (Phi) is 3.75. The number of benzene rings is 1. The van der Waals surface area contributed by atoms with Gasteiger partial charge in [-0.05, 0) is 48.8 Å². The van der Waals surface area contributed by atoms with E-state index in [0.29, 0.717) is 5.96 Å². The maximum Gasteiger partial charge on any atom is 0.193 e. The van der Waals surface area contributed by atoms with Gasteiger partial charge in [0.25, 0.3) is 0 Å². The van der Waals surface area contributed by atoms with Crippen LogP contribution in [0.1, 0.15) is 20.8 Å². The molecule has 19 heavy (non-hydrogen) atoms. The first kappa shape index (κ1) is 13.8. The van der Waals surface area contributed by atoms with Crippen LogP contribution in [-0.4, -0.2) is 16.5 Å². The van der Waals surface area contributed by atoms with Crippen LogP contribution in [0.3, 0.4) is 0 Å². The predicted octanol–water partition coefficient (Wildman–Crippen LogP) is 3.52. The van der Waals surface area contributed by atoms with Crippen LogP contribution in [-0.2, 0) is 0 Å². The topological polar surface area (TPSA) is 63.3 Å². The van der Waals surface area contributed by atoms with Crippen molar-refractivity contribution < 1.29 is 0 Å². The van der Waals surface area contributed by atoms with E-state index in [1.165, 1.54) is 0 Å². The molecule has 0 unspecified atom stereocenters. The minimum atomic E-state index is -0.210. The first-order valence-corrected chi connectivity index (χ1v) is 6.81. The zero-order valence-electron chi connectivity index (χ0n) is 11.2. The summed E-state index contributed by atoms with van der Waals surface area (Å²) in [4.78, 5) is 8.79. The highest BCUT2D eigenvalue weighted by Gasteiger charge is 2.09. The standard InChI is InChI=1S/C14H17BrN4/c1-14(2,3)19-13(16)18-11-6-4-5-9-7-10(15)8-17-12(9)11/h4-8H,1-3H3,(H3,16,18,19). The Morgan fingerprint density at radius 3 is 2.79 bits per heavy atom. The van der Waals surface area contributed by atoms with Gasteiger partial charge in [-0.1, -0.05) is 12.1 Å². The lowest BCUT2D eigenvalue weighted by molar-refractivity contribution is 0.583. The average Bonchev–Trinajstić information content (AvgIpc) is 2.26. The molecular formula is C14H17BrN4. The lowest BCUT2D eigenvalue weighted by Gasteiger charge is -2.15. The van der Waals surface area contributed by atoms with Gasteiger partial charge in [-0.15, -0.1) is 0 Å². The second kappa shape index (κ2) is 5.17. The summed E-state index contributed by atoms with van der Waals surface area (Å²) in [5.74, 6) is 0.393. The van der Waals surface area contributed by atoms with Gasteiger partial charge in [-0.2, -0.15) is 0 Å². The molecule has 5 heteroatoms. The van der Waals surface area contributed by atoms with Crippen molar-refractivity contribution >= 4 is 38.5 Å². The fourth-order valence-electron chi connectivity index (χ4n) is 1.76. The van der Waals surface area contributed by atoms with E-state index in [1.807, 2.05) is 45.0 Å². The van der Waals surface area contributed by atoms with Gasteiger partial charge in [0.15, 0.2) is 5.96 Å². The minimum Gasteiger partial charge on any atom is -0.370 e. The molecule has 2 aromatic rings. The zero-order valence-corrected chi connectivity index (χ0v) is 12.8. The Morgan fingerprint density at radius 2 is 2.11 bits per heavy atom. The van der Waals surface area contributed by atoms with Gasteiger partial charge in [0.1, 0.15) is 0 Å². The number of hydrogen-bond donors (Lipinski definition) is 2. The number of fused-ring (bicyclic) bond motifs is 1. The number of guanidine groups is 1. The summed E-state index contributed by atoms with van der Waals surface area (Å²) in [6, 6.07) is 7.93. The number of anilines is 1. The van der Waals surface area contributed by atoms with Crippen LogP contribution >= 0.6 is 15.9 Å². The smallest absolute Gasteiger partial charge is 0.193 e. The molecule has 2 rings (SSSR count). The molecule has 1 aromatic heterocycles. The van der Waals surface area contributed by atoms with E-state index < -0.39 is 0 Å². The summed E-state index contributed by atoms with van der Waals surface area (Å²) in [5, 5.41) is 4.16. The van der Waals surface area contributed by atoms with Gasteiger partial charge in [0.2, 0.25) is 0 Å². The molecule has 0 amide bonds. The average molecular weight is 321 g/mol. The summed E-state index contributed by atoms with van der Waals surface area (Å²) >= 11 is 3.42. The maximum atomic E-state index is 5.91. The molecule has 0 saturated carbocycles. The van der Waals surface area contributed by atoms with Crippen molar-refractivity contribution in [2.75, 3.05) is 5.32 Å². The second-order valence-electron chi connectivity index (χ2n) is 5.32. The maximum absolute atomic E-state index is 5.91. The normalized spacial score (nSPS) is 12.7. The predicted molar refractivity (Wildman–Crippen MR) is 84.4 cm³/mol. The van der Waals surface area contributed by atoms with Gasteiger partial charge in [-0.3, -0.25) is 4.98 Å². The lowest BCUT2D eigenvalue weighted by atomic mass is 10.1. The van der Waals surface area contributed by atoms with Crippen molar-refractivity contribution in [3.8, 4) is 0 Å². The van der Waals surface area contributed by atoms with Crippen LogP contribution in [0.15, 0.2) is 39.9 Å². The van der Waals surface area contributed by atoms with Crippen molar-refractivity contribution in [1.29, 1.82) is 0 Å². The number of hydrogen-bond acceptors (Lipinski definition) is 2. The van der Waals surface area contributed by atoms with E-state index in [1.54, 1.807) is 6.20 Å². The van der Waals surface area contributed by atoms with E-state index >= 15 is 0 Å². The number of aliphatic imine (C=N–C) groups is 1. The summed E-state index contributed by atoms with van der Waals surface area (Å²) in [7, 11) is 0. The summed E-state index contributed by atoms with van der Waals surface area (Å²) < 4.78 is 0.952. The Hall–Kier alpha value is -1.62. The third-order valence-corrected chi connectivity index (χ3v) is 2.83. The summed E-state index contributed by atoms with van der Waals surface area (Å²) in [6.45, 7) is 6.00. The van der Waals surface area contributed by atoms with Crippen molar-refractivity contribution in [3.63, 3.8) is 0 Å². The monoisotopic (exact) mass is 320 g/mol. The zero-order chi connectivity index (χ0) is 14.0. The molecule has 0 fully saturated rings. The third-order valence-electron chi connectivity index (χ3n) is 2.40. The number of nitrogens with zero attached hydrogens (tertiary/aromatic N) is 2. The Labute approximate surface area is 121 Å². The summed E-state index contributed by atoms with van der Waals surface area (Å²) in [6.07, 6.45) is 1.77. The fraction of sp³-hybridized carbons (Fsp3) is 0.286. The molecule has 0 spiro atoms. The Balaban J connectivity index is 2.39. The number of halogens is 1. The number of para-hydroxylation sites is 1. The number of aromatic nitrogens is 1.